The van der Waals surface area contributed by atoms with E-state index in [2.05, 4.69) is 15.6 Å². The number of amides is 1. The maximum Gasteiger partial charge on any atom is 0.222 e. The van der Waals surface area contributed by atoms with E-state index in [0.29, 0.717) is 91.8 Å². The van der Waals surface area contributed by atoms with Crippen molar-refractivity contribution in [3.05, 3.63) is 11.9 Å². The first-order valence-electron chi connectivity index (χ1n) is 12.9. The molecule has 0 saturated carbocycles. The summed E-state index contributed by atoms with van der Waals surface area (Å²) in [6.45, 7) is 5.06. The van der Waals surface area contributed by atoms with E-state index >= 15 is 0 Å². The zero-order chi connectivity index (χ0) is 27.0. The molecule has 0 spiro atoms. The van der Waals surface area contributed by atoms with E-state index in [1.54, 1.807) is 4.68 Å². The van der Waals surface area contributed by atoms with Gasteiger partial charge in [0.1, 0.15) is 5.69 Å². The molecule has 0 aromatic carbocycles. The fraction of sp³-hybridized carbons (Fsp3) is 0.870. The van der Waals surface area contributed by atoms with Crippen molar-refractivity contribution in [2.75, 3.05) is 78.8 Å². The second-order valence-corrected chi connectivity index (χ2v) is 12.1. The van der Waals surface area contributed by atoms with Crippen LogP contribution >= 0.6 is 6.49 Å². The van der Waals surface area contributed by atoms with Gasteiger partial charge in [0.2, 0.25) is 5.91 Å². The van der Waals surface area contributed by atoms with Gasteiger partial charge in [0, 0.05) is 26.2 Å². The number of hydrogen-bond acceptors (Lipinski definition) is 10. The summed E-state index contributed by atoms with van der Waals surface area (Å²) in [6, 6.07) is 0. The van der Waals surface area contributed by atoms with Crippen LogP contribution in [0.25, 0.3) is 0 Å². The van der Waals surface area contributed by atoms with Crippen LogP contribution in [0.3, 0.4) is 0 Å². The van der Waals surface area contributed by atoms with Crippen LogP contribution in [0.2, 0.25) is 0 Å². The van der Waals surface area contributed by atoms with E-state index in [1.165, 1.54) is 0 Å². The molecule has 0 bridgehead atoms. The second kappa shape index (κ2) is 22.9. The number of carbonyl (C=O) groups excluding carboxylic acids is 1. The molecule has 0 aliphatic heterocycles. The van der Waals surface area contributed by atoms with Crippen molar-refractivity contribution in [3.8, 4) is 0 Å². The summed E-state index contributed by atoms with van der Waals surface area (Å²) in [7, 11) is 1.81. The van der Waals surface area contributed by atoms with Gasteiger partial charge in [-0.3, -0.25) is 9.48 Å². The third-order valence-electron chi connectivity index (χ3n) is 4.95. The lowest BCUT2D eigenvalue weighted by Gasteiger charge is -2.13. The highest BCUT2D eigenvalue weighted by atomic mass is 32.5. The molecule has 1 aromatic rings. The average Bonchev–Trinajstić information content (AvgIpc) is 3.30. The predicted molar refractivity (Wildman–Crippen MR) is 143 cm³/mol. The van der Waals surface area contributed by atoms with E-state index < -0.39 is 6.49 Å². The Balaban J connectivity index is 1.72. The predicted octanol–water partition coefficient (Wildman–Crippen LogP) is 1.80. The molecular formula is C23H45N4O8PS. The van der Waals surface area contributed by atoms with E-state index in [9.17, 15) is 9.69 Å². The molecule has 216 valence electrons. The molecule has 0 radical (unpaired) electrons. The minimum absolute atomic E-state index is 0.0131. The Bertz CT molecular complexity index is 743. The average molecular weight is 569 g/mol. The topological polar surface area (TPSA) is 135 Å². The van der Waals surface area contributed by atoms with E-state index in [1.807, 2.05) is 20.2 Å². The Morgan fingerprint density at radius 2 is 1.49 bits per heavy atom. The van der Waals surface area contributed by atoms with Crippen LogP contribution in [0.15, 0.2) is 6.20 Å². The lowest BCUT2D eigenvalue weighted by atomic mass is 10.2. The van der Waals surface area contributed by atoms with E-state index in [-0.39, 0.29) is 5.91 Å². The SMILES string of the molecule is CCP(O)(=S)OCCCCCCNC(=O)CCOCCOCCOCCOCCOCc1cn(C)nn1. The number of hydrogen-bond donors (Lipinski definition) is 2. The first-order chi connectivity index (χ1) is 17.9. The Morgan fingerprint density at radius 1 is 0.919 bits per heavy atom. The van der Waals surface area contributed by atoms with Crippen LogP contribution in [-0.2, 0) is 58.5 Å². The van der Waals surface area contributed by atoms with E-state index in [0.717, 1.165) is 31.4 Å². The Hall–Kier alpha value is -1.02. The summed E-state index contributed by atoms with van der Waals surface area (Å²) >= 11 is 4.97. The van der Waals surface area contributed by atoms with Gasteiger partial charge < -0.3 is 38.4 Å². The number of nitrogens with zero attached hydrogens (tertiary/aromatic N) is 3. The molecule has 0 aliphatic carbocycles. The molecule has 1 amide bonds. The summed E-state index contributed by atoms with van der Waals surface area (Å²) in [4.78, 5) is 21.5. The standard InChI is InChI=1S/C23H45N4O8PS/c1-3-36(29,37)35-10-7-5-4-6-9-24-23(28)8-11-30-12-13-31-14-15-32-16-17-33-18-19-34-21-22-20-27(2)26-25-22/h20H,3-19,21H2,1-2H3,(H,24,28)(H,29,37). The molecule has 1 heterocycles. The monoisotopic (exact) mass is 568 g/mol. The van der Waals surface area contributed by atoms with Crippen molar-refractivity contribution in [3.63, 3.8) is 0 Å². The van der Waals surface area contributed by atoms with Crippen LogP contribution < -0.4 is 5.32 Å². The van der Waals surface area contributed by atoms with Gasteiger partial charge in [-0.15, -0.1) is 5.10 Å². The van der Waals surface area contributed by atoms with Crippen LogP contribution in [0.5, 0.6) is 0 Å². The number of aromatic nitrogens is 3. The maximum atomic E-state index is 11.8. The van der Waals surface area contributed by atoms with Crippen molar-refractivity contribution in [1.29, 1.82) is 0 Å². The summed E-state index contributed by atoms with van der Waals surface area (Å²) in [5.74, 6) is -0.0131. The first kappa shape index (κ1) is 34.0. The van der Waals surface area contributed by atoms with Gasteiger partial charge in [0.25, 0.3) is 0 Å². The van der Waals surface area contributed by atoms with Gasteiger partial charge in [-0.1, -0.05) is 25.0 Å². The molecule has 1 unspecified atom stereocenters. The third-order valence-corrected chi connectivity index (χ3v) is 7.42. The number of unbranched alkanes of at least 4 members (excludes halogenated alkanes) is 3. The van der Waals surface area contributed by atoms with Gasteiger partial charge in [0.15, 0.2) is 6.49 Å². The van der Waals surface area contributed by atoms with Gasteiger partial charge in [0.05, 0.1) is 78.9 Å². The lowest BCUT2D eigenvalue weighted by molar-refractivity contribution is -0.122. The molecular weight excluding hydrogens is 523 g/mol. The second-order valence-electron chi connectivity index (χ2n) is 8.19. The van der Waals surface area contributed by atoms with Crippen LogP contribution in [0.1, 0.15) is 44.7 Å². The molecule has 0 saturated heterocycles. The van der Waals surface area contributed by atoms with Gasteiger partial charge in [-0.25, -0.2) is 0 Å². The Labute approximate surface area is 225 Å². The fourth-order valence-electron chi connectivity index (χ4n) is 2.88. The van der Waals surface area contributed by atoms with Gasteiger partial charge >= 0.3 is 0 Å². The van der Waals surface area contributed by atoms with Crippen LogP contribution in [0.4, 0.5) is 0 Å². The minimum Gasteiger partial charge on any atom is -0.379 e. The zero-order valence-corrected chi connectivity index (χ0v) is 24.0. The Kier molecular flexibility index (Phi) is 21.1. The molecule has 37 heavy (non-hydrogen) atoms. The van der Waals surface area contributed by atoms with Crippen LogP contribution in [-0.4, -0.2) is 105 Å². The minimum atomic E-state index is -2.54. The smallest absolute Gasteiger partial charge is 0.222 e. The molecule has 0 fully saturated rings. The van der Waals surface area contributed by atoms with Crippen molar-refractivity contribution in [2.24, 2.45) is 7.05 Å². The molecule has 14 heteroatoms. The maximum absolute atomic E-state index is 11.8. The lowest BCUT2D eigenvalue weighted by Crippen LogP contribution is -2.25. The summed E-state index contributed by atoms with van der Waals surface area (Å²) < 4.78 is 34.1. The quantitative estimate of drug-likeness (QED) is 0.125. The number of ether oxygens (including phenoxy) is 5. The van der Waals surface area contributed by atoms with Gasteiger partial charge in [-0.2, -0.15) is 0 Å². The summed E-state index contributed by atoms with van der Waals surface area (Å²) in [6.07, 6.45) is 6.41. The number of rotatable bonds is 26. The third kappa shape index (κ3) is 21.6. The van der Waals surface area contributed by atoms with Crippen molar-refractivity contribution in [1.82, 2.24) is 20.3 Å². The first-order valence-corrected chi connectivity index (χ1v) is 15.8. The molecule has 1 atom stereocenters. The largest absolute Gasteiger partial charge is 0.379 e. The Morgan fingerprint density at radius 3 is 2.05 bits per heavy atom. The van der Waals surface area contributed by atoms with E-state index in [4.69, 9.17) is 40.0 Å². The normalized spacial score (nSPS) is 13.1. The number of aryl methyl sites for hydroxylation is 1. The molecule has 1 aromatic heterocycles. The highest BCUT2D eigenvalue weighted by Crippen LogP contribution is 2.41. The highest BCUT2D eigenvalue weighted by molar-refractivity contribution is 8.09. The number of carbonyl (C=O) groups is 1. The van der Waals surface area contributed by atoms with Crippen molar-refractivity contribution in [2.45, 2.75) is 45.6 Å². The highest BCUT2D eigenvalue weighted by Gasteiger charge is 2.09. The summed E-state index contributed by atoms with van der Waals surface area (Å²) in [5, 5.41) is 10.7. The zero-order valence-electron chi connectivity index (χ0n) is 22.3. The van der Waals surface area contributed by atoms with Crippen molar-refractivity contribution < 1.29 is 37.9 Å². The fourth-order valence-corrected chi connectivity index (χ4v) is 3.70. The molecule has 2 N–H and O–H groups in total. The molecule has 0 aliphatic rings. The van der Waals surface area contributed by atoms with Crippen LogP contribution in [0, 0.1) is 0 Å². The van der Waals surface area contributed by atoms with Gasteiger partial charge in [-0.05, 0) is 24.6 Å². The molecule has 12 nitrogen and oxygen atoms in total. The summed E-state index contributed by atoms with van der Waals surface area (Å²) in [5.41, 5.74) is 0.792. The molecule has 1 rings (SSSR count). The van der Waals surface area contributed by atoms with Crippen molar-refractivity contribution >= 4 is 24.2 Å². The number of nitrogens with one attached hydrogen (secondary N) is 1.